The Balaban J connectivity index is 1.59. The van der Waals surface area contributed by atoms with E-state index in [0.717, 1.165) is 0 Å². The van der Waals surface area contributed by atoms with Crippen molar-refractivity contribution in [3.63, 3.8) is 0 Å². The van der Waals surface area contributed by atoms with E-state index >= 15 is 0 Å². The number of hydrogen-bond donors (Lipinski definition) is 2. The molecule has 0 aromatic carbocycles. The number of alkyl halides is 1. The highest BCUT2D eigenvalue weighted by Gasteiger charge is 2.46. The number of carbonyl (C=O) groups excluding carboxylic acids is 2. The van der Waals surface area contributed by atoms with Crippen LogP contribution in [0.15, 0.2) is 31.0 Å². The number of nitrogens with one attached hydrogen (secondary N) is 2. The smallest absolute Gasteiger partial charge is 0.272 e. The number of carbonyl (C=O) groups is 2. The molecule has 40 heavy (non-hydrogen) atoms. The summed E-state index contributed by atoms with van der Waals surface area (Å²) in [7, 11) is 5.19. The molecule has 1 fully saturated rings. The molecule has 2 atom stereocenters. The van der Waals surface area contributed by atoms with E-state index in [9.17, 15) is 14.0 Å². The summed E-state index contributed by atoms with van der Waals surface area (Å²) in [6.07, 6.45) is 3.80. The molecule has 2 aliphatic heterocycles. The first-order valence-corrected chi connectivity index (χ1v) is 13.2. The van der Waals surface area contributed by atoms with Gasteiger partial charge in [-0.3, -0.25) is 18.9 Å². The van der Waals surface area contributed by atoms with Crippen LogP contribution in [0.2, 0.25) is 0 Å². The Labute approximate surface area is 233 Å². The lowest BCUT2D eigenvalue weighted by atomic mass is 10.0. The van der Waals surface area contributed by atoms with Crippen molar-refractivity contribution in [1.29, 1.82) is 0 Å². The molecule has 0 spiro atoms. The largest absolute Gasteiger partial charge is 0.479 e. The van der Waals surface area contributed by atoms with Crippen molar-refractivity contribution in [3.8, 4) is 11.6 Å². The minimum atomic E-state index is -1.12. The highest BCUT2D eigenvalue weighted by Crippen LogP contribution is 2.39. The third-order valence-corrected chi connectivity index (χ3v) is 7.11. The zero-order valence-corrected chi connectivity index (χ0v) is 23.6. The summed E-state index contributed by atoms with van der Waals surface area (Å²) in [5, 5.41) is 6.25. The van der Waals surface area contributed by atoms with E-state index < -0.39 is 12.3 Å². The van der Waals surface area contributed by atoms with Crippen LogP contribution >= 0.6 is 0 Å². The van der Waals surface area contributed by atoms with Gasteiger partial charge in [0.25, 0.3) is 5.91 Å². The van der Waals surface area contributed by atoms with Gasteiger partial charge in [-0.25, -0.2) is 4.98 Å². The van der Waals surface area contributed by atoms with E-state index in [0.29, 0.717) is 61.4 Å². The first-order valence-electron chi connectivity index (χ1n) is 13.2. The number of fused-ring (bicyclic) bond motifs is 1. The Morgan fingerprint density at radius 3 is 2.85 bits per heavy atom. The van der Waals surface area contributed by atoms with E-state index in [2.05, 4.69) is 32.2 Å². The monoisotopic (exact) mass is 556 g/mol. The number of likely N-dealkylation sites (N-methyl/N-ethyl adjacent to an activating group) is 2. The lowest BCUT2D eigenvalue weighted by Gasteiger charge is -2.40. The van der Waals surface area contributed by atoms with Crippen molar-refractivity contribution in [1.82, 2.24) is 25.2 Å². The normalized spacial score (nSPS) is 18.6. The van der Waals surface area contributed by atoms with E-state index in [1.807, 2.05) is 18.0 Å². The lowest BCUT2D eigenvalue weighted by Crippen LogP contribution is -2.57. The van der Waals surface area contributed by atoms with Crippen molar-refractivity contribution >= 4 is 35.1 Å². The summed E-state index contributed by atoms with van der Waals surface area (Å²) >= 11 is 0. The maximum atomic E-state index is 13.5. The zero-order chi connectivity index (χ0) is 29.0. The molecular formula is C27H37FN8O4. The Kier molecular flexibility index (Phi) is 8.72. The number of pyridine rings is 1. The molecule has 0 saturated carbocycles. The molecule has 216 valence electrons. The van der Waals surface area contributed by atoms with Gasteiger partial charge in [0.05, 0.1) is 26.0 Å². The van der Waals surface area contributed by atoms with Crippen LogP contribution in [-0.2, 0) is 9.59 Å². The molecule has 4 heterocycles. The molecule has 1 unspecified atom stereocenters. The average Bonchev–Trinajstić information content (AvgIpc) is 3.43. The number of amides is 2. The number of ether oxygens (including phenoxy) is 2. The molecular weight excluding hydrogens is 519 g/mol. The Hall–Kier alpha value is -4.00. The van der Waals surface area contributed by atoms with Gasteiger partial charge in [0.2, 0.25) is 17.7 Å². The lowest BCUT2D eigenvalue weighted by molar-refractivity contribution is -0.133. The van der Waals surface area contributed by atoms with Gasteiger partial charge in [-0.2, -0.15) is 9.97 Å². The fraction of sp³-hybridized carbons (Fsp3) is 0.519. The second-order valence-corrected chi connectivity index (χ2v) is 10.3. The number of aromatic nitrogens is 3. The number of rotatable bonds is 11. The second kappa shape index (κ2) is 12.0. The maximum Gasteiger partial charge on any atom is 0.272 e. The van der Waals surface area contributed by atoms with Crippen molar-refractivity contribution in [2.75, 3.05) is 62.6 Å². The third-order valence-electron chi connectivity index (χ3n) is 7.11. The SMILES string of the molecule is C=CC(=O)N1CCC(N2C(=O)C(C)(C)Oc3cnc(Nc4ccc(N(C)C[C@H](CCF)NC)nc4OC)nc32)C1. The van der Waals surface area contributed by atoms with Gasteiger partial charge in [-0.15, -0.1) is 0 Å². The van der Waals surface area contributed by atoms with E-state index in [-0.39, 0.29) is 29.8 Å². The minimum absolute atomic E-state index is 0.0239. The standard InChI is InChI=1S/C27H37FN8O4/c1-7-22(37)35-13-11-18(16-35)36-23-20(40-27(2,3)25(36)38)14-30-26(33-23)31-19-8-9-21(32-24(19)39-6)34(5)15-17(29-4)10-12-28/h7-9,14,17-18,29H,1,10-13,15-16H2,2-6H3,(H,30,31,33)/t17-,18?/m0/s1. The van der Waals surface area contributed by atoms with E-state index in [1.165, 1.54) is 19.4 Å². The maximum absolute atomic E-state index is 13.5. The van der Waals surface area contributed by atoms with Crippen LogP contribution in [0, 0.1) is 0 Å². The molecule has 13 heteroatoms. The number of hydrogen-bond acceptors (Lipinski definition) is 10. The van der Waals surface area contributed by atoms with Gasteiger partial charge in [0, 0.05) is 32.7 Å². The summed E-state index contributed by atoms with van der Waals surface area (Å²) in [5.41, 5.74) is -0.598. The van der Waals surface area contributed by atoms with Crippen LogP contribution in [0.1, 0.15) is 26.7 Å². The third kappa shape index (κ3) is 5.93. The molecule has 2 aromatic heterocycles. The van der Waals surface area contributed by atoms with Gasteiger partial charge in [-0.05, 0) is 51.9 Å². The van der Waals surface area contributed by atoms with E-state index in [4.69, 9.17) is 9.47 Å². The van der Waals surface area contributed by atoms with Crippen molar-refractivity contribution < 1.29 is 23.5 Å². The van der Waals surface area contributed by atoms with Crippen LogP contribution < -0.4 is 29.9 Å². The van der Waals surface area contributed by atoms with Crippen LogP contribution in [-0.4, -0.2) is 96.9 Å². The number of halogens is 1. The van der Waals surface area contributed by atoms with Crippen molar-refractivity contribution in [3.05, 3.63) is 31.0 Å². The quantitative estimate of drug-likeness (QED) is 0.398. The molecule has 2 amide bonds. The molecule has 2 aromatic rings. The first kappa shape index (κ1) is 29.0. The van der Waals surface area contributed by atoms with Gasteiger partial charge in [0.15, 0.2) is 17.2 Å². The number of anilines is 4. The molecule has 4 rings (SSSR count). The topological polar surface area (TPSA) is 125 Å². The van der Waals surface area contributed by atoms with Gasteiger partial charge < -0.3 is 29.9 Å². The summed E-state index contributed by atoms with van der Waals surface area (Å²) < 4.78 is 24.3. The Morgan fingerprint density at radius 2 is 2.17 bits per heavy atom. The fourth-order valence-corrected chi connectivity index (χ4v) is 4.89. The van der Waals surface area contributed by atoms with Gasteiger partial charge in [-0.1, -0.05) is 6.58 Å². The summed E-state index contributed by atoms with van der Waals surface area (Å²) in [6.45, 7) is 8.00. The second-order valence-electron chi connectivity index (χ2n) is 10.3. The average molecular weight is 557 g/mol. The first-order chi connectivity index (χ1) is 19.1. The van der Waals surface area contributed by atoms with Gasteiger partial charge >= 0.3 is 0 Å². The molecule has 1 saturated heterocycles. The molecule has 12 nitrogen and oxygen atoms in total. The van der Waals surface area contributed by atoms with Gasteiger partial charge in [0.1, 0.15) is 11.5 Å². The van der Waals surface area contributed by atoms with Crippen LogP contribution in [0.5, 0.6) is 11.6 Å². The number of nitrogens with zero attached hydrogens (tertiary/aromatic N) is 6. The summed E-state index contributed by atoms with van der Waals surface area (Å²) in [4.78, 5) is 44.5. The van der Waals surface area contributed by atoms with Crippen molar-refractivity contribution in [2.45, 2.75) is 44.4 Å². The fourth-order valence-electron chi connectivity index (χ4n) is 4.89. The van der Waals surface area contributed by atoms with Crippen LogP contribution in [0.3, 0.4) is 0 Å². The highest BCUT2D eigenvalue weighted by molar-refractivity contribution is 6.02. The number of likely N-dealkylation sites (tertiary alicyclic amines) is 1. The van der Waals surface area contributed by atoms with E-state index in [1.54, 1.807) is 36.8 Å². The minimum Gasteiger partial charge on any atom is -0.479 e. The predicted molar refractivity (Wildman–Crippen MR) is 150 cm³/mol. The van der Waals surface area contributed by atoms with Crippen LogP contribution in [0.4, 0.5) is 27.7 Å². The molecule has 0 radical (unpaired) electrons. The predicted octanol–water partition coefficient (Wildman–Crippen LogP) is 2.30. The molecule has 2 aliphatic rings. The summed E-state index contributed by atoms with van der Waals surface area (Å²) in [5.74, 6) is 1.47. The van der Waals surface area contributed by atoms with Crippen LogP contribution in [0.25, 0.3) is 0 Å². The Morgan fingerprint density at radius 1 is 1.40 bits per heavy atom. The molecule has 0 bridgehead atoms. The highest BCUT2D eigenvalue weighted by atomic mass is 19.1. The number of methoxy groups -OCH3 is 1. The molecule has 2 N–H and O–H groups in total. The Bertz CT molecular complexity index is 1260. The summed E-state index contributed by atoms with van der Waals surface area (Å²) in [6, 6.07) is 3.31. The zero-order valence-electron chi connectivity index (χ0n) is 23.6. The van der Waals surface area contributed by atoms with Crippen molar-refractivity contribution in [2.24, 2.45) is 0 Å². The molecule has 0 aliphatic carbocycles.